The van der Waals surface area contributed by atoms with Crippen LogP contribution in [0.25, 0.3) is 22.5 Å². The van der Waals surface area contributed by atoms with E-state index >= 15 is 0 Å². The van der Waals surface area contributed by atoms with Crippen LogP contribution in [0.15, 0.2) is 82.9 Å². The van der Waals surface area contributed by atoms with E-state index in [2.05, 4.69) is 63.3 Å². The molecule has 4 aromatic rings. The Labute approximate surface area is 219 Å². The minimum absolute atomic E-state index is 0.0835. The van der Waals surface area contributed by atoms with Crippen molar-refractivity contribution < 1.29 is 4.21 Å². The minimum Gasteiger partial charge on any atom is -0.339 e. The largest absolute Gasteiger partial charge is 0.339 e. The number of aromatic nitrogens is 4. The van der Waals surface area contributed by atoms with Gasteiger partial charge in [0.25, 0.3) is 5.56 Å². The van der Waals surface area contributed by atoms with E-state index in [0.29, 0.717) is 23.4 Å². The molecule has 9 heteroatoms. The van der Waals surface area contributed by atoms with Gasteiger partial charge in [0.2, 0.25) is 5.95 Å². The third kappa shape index (κ3) is 6.75. The maximum Gasteiger partial charge on any atom is 0.255 e. The summed E-state index contributed by atoms with van der Waals surface area (Å²) in [5, 5.41) is 3.38. The maximum absolute atomic E-state index is 12.2. The van der Waals surface area contributed by atoms with E-state index in [4.69, 9.17) is 0 Å². The highest BCUT2D eigenvalue weighted by atomic mass is 32.2. The van der Waals surface area contributed by atoms with Crippen molar-refractivity contribution in [2.45, 2.75) is 24.8 Å². The molecule has 1 N–H and O–H groups in total. The van der Waals surface area contributed by atoms with Crippen molar-refractivity contribution in [3.8, 4) is 22.5 Å². The Morgan fingerprint density at radius 2 is 1.68 bits per heavy atom. The molecular weight excluding hydrogens is 484 g/mol. The van der Waals surface area contributed by atoms with Crippen LogP contribution in [0, 0.1) is 6.92 Å². The number of hydrogen-bond acceptors (Lipinski definition) is 7. The monoisotopic (exact) mass is 516 g/mol. The van der Waals surface area contributed by atoms with Crippen molar-refractivity contribution in [3.05, 3.63) is 89.1 Å². The Hall–Kier alpha value is -3.69. The Balaban J connectivity index is 0.000000180. The summed E-state index contributed by atoms with van der Waals surface area (Å²) < 4.78 is 12.8. The van der Waals surface area contributed by atoms with Crippen LogP contribution in [0.4, 0.5) is 5.95 Å². The van der Waals surface area contributed by atoms with Gasteiger partial charge < -0.3 is 10.2 Å². The first kappa shape index (κ1) is 26.4. The number of aryl methyl sites for hydroxylation is 1. The van der Waals surface area contributed by atoms with Gasteiger partial charge in [-0.2, -0.15) is 0 Å². The van der Waals surface area contributed by atoms with E-state index in [9.17, 15) is 9.00 Å². The van der Waals surface area contributed by atoms with E-state index in [1.54, 1.807) is 30.1 Å². The predicted molar refractivity (Wildman–Crippen MR) is 149 cm³/mol. The molecule has 192 valence electrons. The highest BCUT2D eigenvalue weighted by Crippen LogP contribution is 2.21. The molecule has 2 unspecified atom stereocenters. The lowest BCUT2D eigenvalue weighted by molar-refractivity contribution is 0.474. The number of anilines is 1. The van der Waals surface area contributed by atoms with Gasteiger partial charge in [-0.25, -0.2) is 15.0 Å². The molecule has 3 heterocycles. The van der Waals surface area contributed by atoms with Crippen LogP contribution in [0.5, 0.6) is 0 Å². The molecule has 0 amide bonds. The van der Waals surface area contributed by atoms with Crippen LogP contribution in [0.1, 0.15) is 12.5 Å². The third-order valence-corrected chi connectivity index (χ3v) is 7.11. The van der Waals surface area contributed by atoms with Gasteiger partial charge in [-0.05, 0) is 43.2 Å². The van der Waals surface area contributed by atoms with Crippen molar-refractivity contribution in [1.82, 2.24) is 24.8 Å². The first-order valence-electron chi connectivity index (χ1n) is 12.1. The molecule has 0 spiro atoms. The molecule has 2 aromatic heterocycles. The standard InChI is InChI=1S/C14H18N6O.C14H14OS/c1-10-8-20(6-5-16-10)14-18-12(7-13(21)19(14)2)11-3-4-15-9-17-11;1-11-3-5-12(6-4-11)13-7-9-14(10-8-13)16(2)15/h3-4,7,9-10,16H,5-6,8H2,1-2H3;3-10H,1-2H3. The number of nitrogens with one attached hydrogen (secondary N) is 1. The summed E-state index contributed by atoms with van der Waals surface area (Å²) in [6.45, 7) is 6.74. The molecule has 1 aliphatic heterocycles. The number of rotatable bonds is 4. The second-order valence-corrected chi connectivity index (χ2v) is 10.5. The first-order chi connectivity index (χ1) is 17.8. The molecule has 2 aromatic carbocycles. The molecule has 5 rings (SSSR count). The molecule has 1 fully saturated rings. The summed E-state index contributed by atoms with van der Waals surface area (Å²) in [5.74, 6) is 0.685. The summed E-state index contributed by atoms with van der Waals surface area (Å²) >= 11 is 0. The van der Waals surface area contributed by atoms with Gasteiger partial charge in [0, 0.05) is 66.9 Å². The summed E-state index contributed by atoms with van der Waals surface area (Å²) in [4.78, 5) is 27.9. The fourth-order valence-electron chi connectivity index (χ4n) is 4.08. The van der Waals surface area contributed by atoms with Crippen LogP contribution in [-0.4, -0.2) is 55.7 Å². The Kier molecular flexibility index (Phi) is 8.58. The lowest BCUT2D eigenvalue weighted by Gasteiger charge is -2.33. The summed E-state index contributed by atoms with van der Waals surface area (Å²) in [5.41, 5.74) is 4.77. The predicted octanol–water partition coefficient (Wildman–Crippen LogP) is 3.43. The molecule has 1 aliphatic rings. The highest BCUT2D eigenvalue weighted by molar-refractivity contribution is 7.84. The van der Waals surface area contributed by atoms with Crippen LogP contribution in [-0.2, 0) is 17.8 Å². The van der Waals surface area contributed by atoms with E-state index in [1.807, 2.05) is 24.3 Å². The van der Waals surface area contributed by atoms with Gasteiger partial charge >= 0.3 is 0 Å². The SMILES string of the molecule is CC1CN(c2nc(-c3ccncn3)cc(=O)n2C)CCN1.Cc1ccc(-c2ccc(S(C)=O)cc2)cc1. The second-order valence-electron chi connectivity index (χ2n) is 9.08. The smallest absolute Gasteiger partial charge is 0.255 e. The Morgan fingerprint density at radius 1 is 1.00 bits per heavy atom. The average molecular weight is 517 g/mol. The summed E-state index contributed by atoms with van der Waals surface area (Å²) in [6, 6.07) is 19.9. The Bertz CT molecular complexity index is 1410. The fraction of sp³-hybridized carbons (Fsp3) is 0.286. The number of nitrogens with zero attached hydrogens (tertiary/aromatic N) is 5. The van der Waals surface area contributed by atoms with Gasteiger partial charge in [0.1, 0.15) is 6.33 Å². The van der Waals surface area contributed by atoms with Crippen molar-refractivity contribution in [2.24, 2.45) is 7.05 Å². The topological polar surface area (TPSA) is 93.0 Å². The third-order valence-electron chi connectivity index (χ3n) is 6.18. The quantitative estimate of drug-likeness (QED) is 0.444. The molecular formula is C28H32N6O2S. The Morgan fingerprint density at radius 3 is 2.27 bits per heavy atom. The lowest BCUT2D eigenvalue weighted by Crippen LogP contribution is -2.50. The molecule has 8 nitrogen and oxygen atoms in total. The molecule has 0 radical (unpaired) electrons. The van der Waals surface area contributed by atoms with Gasteiger partial charge in [-0.1, -0.05) is 42.0 Å². The molecule has 0 saturated carbocycles. The van der Waals surface area contributed by atoms with Crippen LogP contribution >= 0.6 is 0 Å². The molecule has 2 atom stereocenters. The average Bonchev–Trinajstić information content (AvgIpc) is 2.91. The van der Waals surface area contributed by atoms with Crippen LogP contribution in [0.3, 0.4) is 0 Å². The van der Waals surface area contributed by atoms with Gasteiger partial charge in [0.15, 0.2) is 0 Å². The molecule has 1 saturated heterocycles. The highest BCUT2D eigenvalue weighted by Gasteiger charge is 2.20. The van der Waals surface area contributed by atoms with Gasteiger partial charge in [-0.3, -0.25) is 13.6 Å². The minimum atomic E-state index is -0.897. The molecule has 0 bridgehead atoms. The van der Waals surface area contributed by atoms with E-state index in [0.717, 1.165) is 30.1 Å². The van der Waals surface area contributed by atoms with E-state index < -0.39 is 10.8 Å². The number of benzene rings is 2. The zero-order valence-corrected chi connectivity index (χ0v) is 22.4. The normalized spacial score (nSPS) is 16.0. The fourth-order valence-corrected chi connectivity index (χ4v) is 4.60. The number of hydrogen-bond donors (Lipinski definition) is 1. The molecule has 37 heavy (non-hydrogen) atoms. The maximum atomic E-state index is 12.2. The second kappa shape index (κ2) is 12.0. The first-order valence-corrected chi connectivity index (χ1v) is 13.7. The van der Waals surface area contributed by atoms with E-state index in [1.165, 1.54) is 23.5 Å². The zero-order chi connectivity index (χ0) is 26.4. The molecule has 0 aliphatic carbocycles. The summed E-state index contributed by atoms with van der Waals surface area (Å²) in [6.07, 6.45) is 4.80. The van der Waals surface area contributed by atoms with Crippen molar-refractivity contribution in [3.63, 3.8) is 0 Å². The van der Waals surface area contributed by atoms with Crippen molar-refractivity contribution in [2.75, 3.05) is 30.8 Å². The summed E-state index contributed by atoms with van der Waals surface area (Å²) in [7, 11) is 0.854. The van der Waals surface area contributed by atoms with Crippen molar-refractivity contribution >= 4 is 16.7 Å². The van der Waals surface area contributed by atoms with E-state index in [-0.39, 0.29) is 5.56 Å². The van der Waals surface area contributed by atoms with Crippen molar-refractivity contribution in [1.29, 1.82) is 0 Å². The number of piperazine rings is 1. The lowest BCUT2D eigenvalue weighted by atomic mass is 10.0. The van der Waals surface area contributed by atoms with Gasteiger partial charge in [0.05, 0.1) is 11.4 Å². The van der Waals surface area contributed by atoms with Crippen LogP contribution in [0.2, 0.25) is 0 Å². The van der Waals surface area contributed by atoms with Crippen LogP contribution < -0.4 is 15.8 Å². The van der Waals surface area contributed by atoms with Gasteiger partial charge in [-0.15, -0.1) is 0 Å². The zero-order valence-electron chi connectivity index (χ0n) is 21.6.